The Bertz CT molecular complexity index is 846. The molecule has 3 aromatic rings. The number of hydrogen-bond acceptors (Lipinski definition) is 5. The third-order valence-corrected chi connectivity index (χ3v) is 4.93. The van der Waals surface area contributed by atoms with Crippen LogP contribution in [0.5, 0.6) is 5.75 Å². The summed E-state index contributed by atoms with van der Waals surface area (Å²) in [6.07, 6.45) is 2.55. The molecule has 4 rings (SSSR count). The highest BCUT2D eigenvalue weighted by Gasteiger charge is 2.19. The van der Waals surface area contributed by atoms with Gasteiger partial charge in [0.25, 0.3) is 0 Å². The maximum Gasteiger partial charge on any atom is 0.241 e. The largest absolute Gasteiger partial charge is 0.489 e. The van der Waals surface area contributed by atoms with Gasteiger partial charge in [-0.25, -0.2) is 0 Å². The lowest BCUT2D eigenvalue weighted by molar-refractivity contribution is 0.157. The fraction of sp³-hybridized carbons (Fsp3) is 0.364. The van der Waals surface area contributed by atoms with Crippen LogP contribution in [0.1, 0.15) is 31.2 Å². The van der Waals surface area contributed by atoms with Crippen molar-refractivity contribution in [2.75, 3.05) is 13.1 Å². The van der Waals surface area contributed by atoms with E-state index in [-0.39, 0.29) is 0 Å². The van der Waals surface area contributed by atoms with Gasteiger partial charge in [-0.3, -0.25) is 4.90 Å². The summed E-state index contributed by atoms with van der Waals surface area (Å²) in [6.45, 7) is 5.80. The number of rotatable bonds is 6. The third-order valence-electron chi connectivity index (χ3n) is 4.93. The van der Waals surface area contributed by atoms with Crippen LogP contribution in [0.3, 0.4) is 0 Å². The van der Waals surface area contributed by atoms with Crippen molar-refractivity contribution in [2.24, 2.45) is 5.92 Å². The van der Waals surface area contributed by atoms with Crippen LogP contribution in [0.2, 0.25) is 0 Å². The van der Waals surface area contributed by atoms with Gasteiger partial charge in [0, 0.05) is 12.1 Å². The van der Waals surface area contributed by atoms with Crippen LogP contribution < -0.4 is 4.74 Å². The monoisotopic (exact) mass is 363 g/mol. The van der Waals surface area contributed by atoms with Crippen LogP contribution >= 0.6 is 0 Å². The van der Waals surface area contributed by atoms with Crippen LogP contribution in [0.25, 0.3) is 11.4 Å². The van der Waals surface area contributed by atoms with E-state index in [0.717, 1.165) is 42.4 Å². The topological polar surface area (TPSA) is 51.4 Å². The molecule has 0 saturated carbocycles. The molecule has 2 aromatic carbocycles. The molecule has 0 bridgehead atoms. The number of aromatic nitrogens is 2. The van der Waals surface area contributed by atoms with Crippen molar-refractivity contribution in [3.05, 3.63) is 66.1 Å². The average molecular weight is 363 g/mol. The van der Waals surface area contributed by atoms with Gasteiger partial charge in [0.05, 0.1) is 6.54 Å². The Hall–Kier alpha value is -2.66. The molecule has 5 nitrogen and oxygen atoms in total. The second kappa shape index (κ2) is 8.35. The van der Waals surface area contributed by atoms with Crippen molar-refractivity contribution in [2.45, 2.75) is 32.9 Å². The van der Waals surface area contributed by atoms with Crippen LogP contribution in [0, 0.1) is 5.92 Å². The molecule has 0 N–H and O–H groups in total. The average Bonchev–Trinajstić information content (AvgIpc) is 3.16. The molecule has 1 unspecified atom stereocenters. The SMILES string of the molecule is CC1CCCN(Cc2nc(-c3ccc(OCc4ccccc4)cc3)no2)C1. The highest BCUT2D eigenvalue weighted by Crippen LogP contribution is 2.22. The lowest BCUT2D eigenvalue weighted by atomic mass is 10.0. The van der Waals surface area contributed by atoms with Gasteiger partial charge in [0.1, 0.15) is 12.4 Å². The third kappa shape index (κ3) is 4.74. The lowest BCUT2D eigenvalue weighted by Crippen LogP contribution is -2.33. The molecule has 1 saturated heterocycles. The van der Waals surface area contributed by atoms with Gasteiger partial charge in [-0.1, -0.05) is 42.4 Å². The minimum atomic E-state index is 0.556. The summed E-state index contributed by atoms with van der Waals surface area (Å²) in [6, 6.07) is 18.0. The van der Waals surface area contributed by atoms with Crippen molar-refractivity contribution in [3.63, 3.8) is 0 Å². The van der Waals surface area contributed by atoms with E-state index in [1.807, 2.05) is 42.5 Å². The van der Waals surface area contributed by atoms with Crippen LogP contribution in [0.4, 0.5) is 0 Å². The van der Waals surface area contributed by atoms with Gasteiger partial charge >= 0.3 is 0 Å². The fourth-order valence-corrected chi connectivity index (χ4v) is 3.50. The maximum absolute atomic E-state index is 5.83. The van der Waals surface area contributed by atoms with Gasteiger partial charge in [-0.15, -0.1) is 0 Å². The summed E-state index contributed by atoms with van der Waals surface area (Å²) in [5, 5.41) is 4.14. The van der Waals surface area contributed by atoms with Gasteiger partial charge in [-0.2, -0.15) is 4.98 Å². The summed E-state index contributed by atoms with van der Waals surface area (Å²) in [4.78, 5) is 6.96. The second-order valence-corrected chi connectivity index (χ2v) is 7.29. The first-order valence-electron chi connectivity index (χ1n) is 9.58. The van der Waals surface area contributed by atoms with Crippen molar-refractivity contribution >= 4 is 0 Å². The first kappa shape index (κ1) is 17.7. The van der Waals surface area contributed by atoms with Gasteiger partial charge in [-0.05, 0) is 55.1 Å². The second-order valence-electron chi connectivity index (χ2n) is 7.29. The quantitative estimate of drug-likeness (QED) is 0.643. The Labute approximate surface area is 160 Å². The van der Waals surface area contributed by atoms with Gasteiger partial charge in [0.15, 0.2) is 0 Å². The summed E-state index contributed by atoms with van der Waals surface area (Å²) < 4.78 is 11.3. The van der Waals surface area contributed by atoms with Crippen LogP contribution in [-0.4, -0.2) is 28.1 Å². The maximum atomic E-state index is 5.83. The molecule has 0 radical (unpaired) electrons. The van der Waals surface area contributed by atoms with E-state index < -0.39 is 0 Å². The van der Waals surface area contributed by atoms with Crippen molar-refractivity contribution in [1.82, 2.24) is 15.0 Å². The number of piperidine rings is 1. The molecule has 0 amide bonds. The van der Waals surface area contributed by atoms with E-state index in [4.69, 9.17) is 9.26 Å². The molecule has 0 aliphatic carbocycles. The first-order valence-corrected chi connectivity index (χ1v) is 9.58. The van der Waals surface area contributed by atoms with Crippen molar-refractivity contribution in [3.8, 4) is 17.1 Å². The molecular weight excluding hydrogens is 338 g/mol. The Morgan fingerprint density at radius 1 is 1.11 bits per heavy atom. The molecule has 0 spiro atoms. The predicted octanol–water partition coefficient (Wildman–Crippen LogP) is 4.55. The smallest absolute Gasteiger partial charge is 0.241 e. The highest BCUT2D eigenvalue weighted by atomic mass is 16.5. The van der Waals surface area contributed by atoms with E-state index in [2.05, 4.69) is 34.1 Å². The van der Waals surface area contributed by atoms with Crippen molar-refractivity contribution in [1.29, 1.82) is 0 Å². The fourth-order valence-electron chi connectivity index (χ4n) is 3.50. The molecule has 1 aromatic heterocycles. The van der Waals surface area contributed by atoms with E-state index >= 15 is 0 Å². The number of hydrogen-bond donors (Lipinski definition) is 0. The minimum Gasteiger partial charge on any atom is -0.489 e. The number of benzene rings is 2. The summed E-state index contributed by atoms with van der Waals surface area (Å²) in [7, 11) is 0. The van der Waals surface area contributed by atoms with E-state index in [1.165, 1.54) is 12.8 Å². The van der Waals surface area contributed by atoms with Crippen LogP contribution in [0.15, 0.2) is 59.1 Å². The van der Waals surface area contributed by atoms with Crippen LogP contribution in [-0.2, 0) is 13.2 Å². The summed E-state index contributed by atoms with van der Waals surface area (Å²) >= 11 is 0. The zero-order chi connectivity index (χ0) is 18.5. The summed E-state index contributed by atoms with van der Waals surface area (Å²) in [5.41, 5.74) is 2.08. The first-order chi connectivity index (χ1) is 13.3. The molecule has 2 heterocycles. The minimum absolute atomic E-state index is 0.556. The lowest BCUT2D eigenvalue weighted by Gasteiger charge is -2.29. The Kier molecular flexibility index (Phi) is 5.49. The molecule has 1 aliphatic rings. The molecule has 27 heavy (non-hydrogen) atoms. The highest BCUT2D eigenvalue weighted by molar-refractivity contribution is 5.55. The molecule has 1 fully saturated rings. The molecule has 5 heteroatoms. The van der Waals surface area contributed by atoms with E-state index in [0.29, 0.717) is 18.3 Å². The predicted molar refractivity (Wildman–Crippen MR) is 104 cm³/mol. The number of nitrogens with zero attached hydrogens (tertiary/aromatic N) is 3. The zero-order valence-corrected chi connectivity index (χ0v) is 15.7. The van der Waals surface area contributed by atoms with Crippen molar-refractivity contribution < 1.29 is 9.26 Å². The number of likely N-dealkylation sites (tertiary alicyclic amines) is 1. The molecule has 1 aliphatic heterocycles. The number of ether oxygens (including phenoxy) is 1. The molecule has 140 valence electrons. The van der Waals surface area contributed by atoms with Gasteiger partial charge < -0.3 is 9.26 Å². The van der Waals surface area contributed by atoms with E-state index in [9.17, 15) is 0 Å². The standard InChI is InChI=1S/C22H25N3O2/c1-17-6-5-13-25(14-17)15-21-23-22(24-27-21)19-9-11-20(12-10-19)26-16-18-7-3-2-4-8-18/h2-4,7-12,17H,5-6,13-16H2,1H3. The molecule has 1 atom stereocenters. The zero-order valence-electron chi connectivity index (χ0n) is 15.7. The van der Waals surface area contributed by atoms with Gasteiger partial charge in [0.2, 0.25) is 11.7 Å². The Morgan fingerprint density at radius 3 is 2.70 bits per heavy atom. The molecular formula is C22H25N3O2. The van der Waals surface area contributed by atoms with E-state index in [1.54, 1.807) is 0 Å². The summed E-state index contributed by atoms with van der Waals surface area (Å²) in [5.74, 6) is 2.88. The Morgan fingerprint density at radius 2 is 1.93 bits per heavy atom. The normalized spacial score (nSPS) is 17.7. The Balaban J connectivity index is 1.35.